The summed E-state index contributed by atoms with van der Waals surface area (Å²) in [6.45, 7) is 5.21. The van der Waals surface area contributed by atoms with Crippen LogP contribution in [-0.4, -0.2) is 6.54 Å². The van der Waals surface area contributed by atoms with Crippen LogP contribution >= 0.6 is 0 Å². The quantitative estimate of drug-likeness (QED) is 0.540. The Morgan fingerprint density at radius 1 is 0.760 bits per heavy atom. The van der Waals surface area contributed by atoms with Crippen LogP contribution in [0.15, 0.2) is 66.7 Å². The van der Waals surface area contributed by atoms with E-state index in [2.05, 4.69) is 43.4 Å². The van der Waals surface area contributed by atoms with Gasteiger partial charge >= 0.3 is 0 Å². The van der Waals surface area contributed by atoms with Gasteiger partial charge in [0.15, 0.2) is 0 Å². The highest BCUT2D eigenvalue weighted by Crippen LogP contribution is 2.29. The third kappa shape index (κ3) is 4.08. The van der Waals surface area contributed by atoms with Gasteiger partial charge in [0.05, 0.1) is 0 Å². The van der Waals surface area contributed by atoms with Crippen LogP contribution in [0.1, 0.15) is 25.8 Å². The van der Waals surface area contributed by atoms with Crippen molar-refractivity contribution >= 4 is 5.69 Å². The molecule has 0 saturated heterocycles. The monoisotopic (exact) mass is 333 g/mol. The number of benzene rings is 3. The molecule has 0 saturated carbocycles. The van der Waals surface area contributed by atoms with Gasteiger partial charge in [-0.25, -0.2) is 4.39 Å². The first kappa shape index (κ1) is 17.2. The maximum Gasteiger partial charge on any atom is 0.131 e. The molecule has 2 heteroatoms. The largest absolute Gasteiger partial charge is 0.385 e. The molecular formula is C23H24FN. The molecule has 3 rings (SSSR count). The number of rotatable bonds is 6. The molecule has 0 aromatic heterocycles. The van der Waals surface area contributed by atoms with E-state index in [9.17, 15) is 4.39 Å². The first-order valence-corrected chi connectivity index (χ1v) is 8.94. The Morgan fingerprint density at radius 3 is 2.00 bits per heavy atom. The minimum atomic E-state index is -0.189. The number of nitrogens with one attached hydrogen (secondary N) is 1. The van der Waals surface area contributed by atoms with Crippen molar-refractivity contribution in [2.45, 2.75) is 26.7 Å². The first-order chi connectivity index (χ1) is 12.2. The topological polar surface area (TPSA) is 12.0 Å². The summed E-state index contributed by atoms with van der Waals surface area (Å²) >= 11 is 0. The van der Waals surface area contributed by atoms with E-state index in [-0.39, 0.29) is 5.82 Å². The van der Waals surface area contributed by atoms with Crippen molar-refractivity contribution < 1.29 is 4.39 Å². The maximum atomic E-state index is 14.7. The van der Waals surface area contributed by atoms with Crippen LogP contribution in [0.2, 0.25) is 0 Å². The Hall–Kier alpha value is -2.61. The van der Waals surface area contributed by atoms with Gasteiger partial charge in [-0.2, -0.15) is 0 Å². The average Bonchev–Trinajstić information content (AvgIpc) is 2.67. The molecule has 0 atom stereocenters. The van der Waals surface area contributed by atoms with Gasteiger partial charge in [-0.3, -0.25) is 0 Å². The van der Waals surface area contributed by atoms with Crippen molar-refractivity contribution in [2.75, 3.05) is 11.9 Å². The van der Waals surface area contributed by atoms with Crippen molar-refractivity contribution in [1.82, 2.24) is 0 Å². The minimum absolute atomic E-state index is 0.189. The molecule has 25 heavy (non-hydrogen) atoms. The van der Waals surface area contributed by atoms with Gasteiger partial charge < -0.3 is 5.32 Å². The summed E-state index contributed by atoms with van der Waals surface area (Å²) in [7, 11) is 0. The summed E-state index contributed by atoms with van der Waals surface area (Å²) in [5, 5.41) is 3.33. The number of anilines is 1. The average molecular weight is 333 g/mol. The fourth-order valence-corrected chi connectivity index (χ4v) is 2.90. The van der Waals surface area contributed by atoms with Crippen LogP contribution in [0.5, 0.6) is 0 Å². The molecule has 0 aliphatic rings. The Balaban J connectivity index is 1.83. The molecule has 0 bridgehead atoms. The SMILES string of the molecule is CCCNc1ccc(-c2ccc(-c3ccc(CC)cc3)cc2F)cc1. The lowest BCUT2D eigenvalue weighted by Gasteiger charge is -2.09. The van der Waals surface area contributed by atoms with Gasteiger partial charge in [-0.1, -0.05) is 62.4 Å². The lowest BCUT2D eigenvalue weighted by Crippen LogP contribution is -1.99. The van der Waals surface area contributed by atoms with Crippen molar-refractivity contribution in [2.24, 2.45) is 0 Å². The Bertz CT molecular complexity index is 820. The van der Waals surface area contributed by atoms with E-state index in [0.29, 0.717) is 5.56 Å². The van der Waals surface area contributed by atoms with Crippen LogP contribution < -0.4 is 5.32 Å². The third-order valence-corrected chi connectivity index (χ3v) is 4.44. The zero-order chi connectivity index (χ0) is 17.6. The molecule has 0 spiro atoms. The van der Waals surface area contributed by atoms with Crippen molar-refractivity contribution in [1.29, 1.82) is 0 Å². The molecule has 0 aliphatic heterocycles. The lowest BCUT2D eigenvalue weighted by molar-refractivity contribution is 0.632. The highest BCUT2D eigenvalue weighted by atomic mass is 19.1. The van der Waals surface area contributed by atoms with Gasteiger partial charge in [-0.15, -0.1) is 0 Å². The van der Waals surface area contributed by atoms with Crippen molar-refractivity contribution in [3.63, 3.8) is 0 Å². The number of halogens is 1. The summed E-state index contributed by atoms with van der Waals surface area (Å²) in [6.07, 6.45) is 2.09. The van der Waals surface area contributed by atoms with Crippen LogP contribution in [0.3, 0.4) is 0 Å². The molecule has 3 aromatic rings. The number of hydrogen-bond acceptors (Lipinski definition) is 1. The Labute approximate surface area is 149 Å². The van der Waals surface area contributed by atoms with Gasteiger partial charge in [0.1, 0.15) is 5.82 Å². The predicted octanol–water partition coefficient (Wildman–Crippen LogP) is 6.54. The van der Waals surface area contributed by atoms with E-state index in [4.69, 9.17) is 0 Å². The maximum absolute atomic E-state index is 14.7. The molecule has 0 heterocycles. The van der Waals surface area contributed by atoms with Crippen molar-refractivity contribution in [3.05, 3.63) is 78.1 Å². The summed E-state index contributed by atoms with van der Waals surface area (Å²) in [4.78, 5) is 0. The molecular weight excluding hydrogens is 309 g/mol. The molecule has 0 amide bonds. The fourth-order valence-electron chi connectivity index (χ4n) is 2.90. The van der Waals surface area contributed by atoms with Crippen LogP contribution in [0.25, 0.3) is 22.3 Å². The molecule has 1 N–H and O–H groups in total. The fraction of sp³-hybridized carbons (Fsp3) is 0.217. The highest BCUT2D eigenvalue weighted by molar-refractivity contribution is 5.72. The van der Waals surface area contributed by atoms with Gasteiger partial charge in [-0.05, 0) is 53.3 Å². The molecule has 128 valence electrons. The molecule has 0 radical (unpaired) electrons. The molecule has 0 fully saturated rings. The Morgan fingerprint density at radius 2 is 1.40 bits per heavy atom. The highest BCUT2D eigenvalue weighted by Gasteiger charge is 2.08. The van der Waals surface area contributed by atoms with Crippen LogP contribution in [0.4, 0.5) is 10.1 Å². The van der Waals surface area contributed by atoms with Crippen LogP contribution in [-0.2, 0) is 6.42 Å². The minimum Gasteiger partial charge on any atom is -0.385 e. The second-order valence-corrected chi connectivity index (χ2v) is 6.25. The van der Waals surface area contributed by atoms with E-state index in [1.54, 1.807) is 6.07 Å². The zero-order valence-corrected chi connectivity index (χ0v) is 14.9. The lowest BCUT2D eigenvalue weighted by atomic mass is 9.98. The second kappa shape index (κ2) is 7.98. The van der Waals surface area contributed by atoms with Gasteiger partial charge in [0, 0.05) is 17.8 Å². The van der Waals surface area contributed by atoms with Gasteiger partial charge in [0.2, 0.25) is 0 Å². The number of hydrogen-bond donors (Lipinski definition) is 1. The molecule has 0 aliphatic carbocycles. The summed E-state index contributed by atoms with van der Waals surface area (Å²) < 4.78 is 14.7. The normalized spacial score (nSPS) is 10.7. The summed E-state index contributed by atoms with van der Waals surface area (Å²) in [6, 6.07) is 21.7. The Kier molecular flexibility index (Phi) is 5.49. The molecule has 1 nitrogen and oxygen atoms in total. The van der Waals surface area contributed by atoms with Gasteiger partial charge in [0.25, 0.3) is 0 Å². The summed E-state index contributed by atoms with van der Waals surface area (Å²) in [5.74, 6) is -0.189. The second-order valence-electron chi connectivity index (χ2n) is 6.25. The van der Waals surface area contributed by atoms with E-state index in [1.165, 1.54) is 5.56 Å². The zero-order valence-electron chi connectivity index (χ0n) is 14.9. The molecule has 3 aromatic carbocycles. The predicted molar refractivity (Wildman–Crippen MR) is 105 cm³/mol. The van der Waals surface area contributed by atoms with E-state index >= 15 is 0 Å². The van der Waals surface area contributed by atoms with Crippen molar-refractivity contribution in [3.8, 4) is 22.3 Å². The summed E-state index contributed by atoms with van der Waals surface area (Å²) in [5.41, 5.74) is 5.84. The number of aryl methyl sites for hydroxylation is 1. The first-order valence-electron chi connectivity index (χ1n) is 8.94. The van der Waals surface area contributed by atoms with E-state index in [0.717, 1.165) is 41.8 Å². The van der Waals surface area contributed by atoms with E-state index in [1.807, 2.05) is 36.4 Å². The third-order valence-electron chi connectivity index (χ3n) is 4.44. The standard InChI is InChI=1S/C23H24FN/c1-3-15-25-21-12-9-19(10-13-21)22-14-11-20(16-23(22)24)18-7-5-17(4-2)6-8-18/h5-14,16,25H,3-4,15H2,1-2H3. The van der Waals surface area contributed by atoms with E-state index < -0.39 is 0 Å². The molecule has 0 unspecified atom stereocenters. The smallest absolute Gasteiger partial charge is 0.131 e. The van der Waals surface area contributed by atoms with Crippen LogP contribution in [0, 0.1) is 5.82 Å².